The highest BCUT2D eigenvalue weighted by molar-refractivity contribution is 7.15. The maximum Gasteiger partial charge on any atom is 0.338 e. The third-order valence-electron chi connectivity index (χ3n) is 6.49. The van der Waals surface area contributed by atoms with Crippen molar-refractivity contribution in [1.29, 1.82) is 0 Å². The molecule has 0 spiro atoms. The molecule has 0 aliphatic carbocycles. The molecule has 0 radical (unpaired) electrons. The molecule has 4 rings (SSSR count). The second-order valence-electron chi connectivity index (χ2n) is 10.1. The Morgan fingerprint density at radius 2 is 1.64 bits per heavy atom. The number of nitrogens with zero attached hydrogens (tertiary/aromatic N) is 1. The molecular formula is C31H28F3N3O4S. The van der Waals surface area contributed by atoms with Crippen LogP contribution in [0.25, 0.3) is 10.4 Å². The van der Waals surface area contributed by atoms with Crippen LogP contribution in [0, 0.1) is 23.4 Å². The third-order valence-corrected chi connectivity index (χ3v) is 7.59. The Morgan fingerprint density at radius 1 is 0.929 bits per heavy atom. The zero-order chi connectivity index (χ0) is 30.6. The molecule has 0 bridgehead atoms. The van der Waals surface area contributed by atoms with Crippen molar-refractivity contribution in [1.82, 2.24) is 10.3 Å². The van der Waals surface area contributed by atoms with E-state index in [2.05, 4.69) is 10.3 Å². The number of hydrogen-bond acceptors (Lipinski definition) is 5. The number of halogens is 3. The van der Waals surface area contributed by atoms with Gasteiger partial charge in [-0.1, -0.05) is 26.0 Å². The Kier molecular flexibility index (Phi) is 9.41. The summed E-state index contributed by atoms with van der Waals surface area (Å²) < 4.78 is 40.2. The van der Waals surface area contributed by atoms with Gasteiger partial charge in [0.2, 0.25) is 0 Å². The number of aromatic carboxylic acids is 1. The van der Waals surface area contributed by atoms with E-state index < -0.39 is 29.4 Å². The third kappa shape index (κ3) is 7.03. The zero-order valence-corrected chi connectivity index (χ0v) is 23.7. The van der Waals surface area contributed by atoms with Crippen LogP contribution < -0.4 is 11.1 Å². The molecule has 0 unspecified atom stereocenters. The van der Waals surface area contributed by atoms with Crippen LogP contribution in [-0.2, 0) is 25.8 Å². The summed E-state index contributed by atoms with van der Waals surface area (Å²) >= 11 is 1.15. The molecule has 11 heteroatoms. The van der Waals surface area contributed by atoms with E-state index in [9.17, 15) is 32.7 Å². The summed E-state index contributed by atoms with van der Waals surface area (Å²) in [7, 11) is 0. The molecule has 2 aromatic heterocycles. The molecule has 0 saturated carbocycles. The van der Waals surface area contributed by atoms with Crippen LogP contribution in [0.2, 0.25) is 0 Å². The van der Waals surface area contributed by atoms with Gasteiger partial charge in [0.05, 0.1) is 29.1 Å². The number of pyridine rings is 1. The van der Waals surface area contributed by atoms with Crippen LogP contribution in [0.3, 0.4) is 0 Å². The monoisotopic (exact) mass is 595 g/mol. The van der Waals surface area contributed by atoms with Crippen molar-refractivity contribution >= 4 is 29.1 Å². The number of amides is 2. The number of aryl methyl sites for hydroxylation is 2. The average Bonchev–Trinajstić information content (AvgIpc) is 3.40. The lowest BCUT2D eigenvalue weighted by atomic mass is 9.91. The van der Waals surface area contributed by atoms with Gasteiger partial charge in [0.25, 0.3) is 11.8 Å². The Morgan fingerprint density at radius 3 is 2.26 bits per heavy atom. The van der Waals surface area contributed by atoms with Crippen molar-refractivity contribution in [2.45, 2.75) is 39.7 Å². The lowest BCUT2D eigenvalue weighted by molar-refractivity contribution is 0.0695. The van der Waals surface area contributed by atoms with E-state index in [4.69, 9.17) is 5.73 Å². The number of benzene rings is 2. The van der Waals surface area contributed by atoms with Gasteiger partial charge in [-0.3, -0.25) is 14.6 Å². The van der Waals surface area contributed by atoms with Crippen molar-refractivity contribution in [3.05, 3.63) is 111 Å². The number of carboxylic acid groups (broad SMARTS) is 1. The molecule has 2 amide bonds. The smallest absolute Gasteiger partial charge is 0.338 e. The van der Waals surface area contributed by atoms with E-state index in [1.165, 1.54) is 12.1 Å². The van der Waals surface area contributed by atoms with Gasteiger partial charge in [0.15, 0.2) is 11.6 Å². The van der Waals surface area contributed by atoms with E-state index in [0.717, 1.165) is 35.1 Å². The van der Waals surface area contributed by atoms with Gasteiger partial charge in [0, 0.05) is 20.9 Å². The van der Waals surface area contributed by atoms with Gasteiger partial charge in [-0.05, 0) is 73.2 Å². The summed E-state index contributed by atoms with van der Waals surface area (Å²) in [6.45, 7) is 3.89. The minimum atomic E-state index is -1.29. The highest BCUT2D eigenvalue weighted by atomic mass is 32.1. The first kappa shape index (κ1) is 30.4. The highest BCUT2D eigenvalue weighted by Crippen LogP contribution is 2.37. The minimum absolute atomic E-state index is 0.0121. The molecule has 0 saturated heterocycles. The zero-order valence-electron chi connectivity index (χ0n) is 22.8. The largest absolute Gasteiger partial charge is 0.478 e. The number of nitrogens with two attached hydrogens (primary N) is 1. The van der Waals surface area contributed by atoms with Crippen LogP contribution >= 0.6 is 11.3 Å². The van der Waals surface area contributed by atoms with Crippen LogP contribution in [0.4, 0.5) is 13.2 Å². The predicted octanol–water partition coefficient (Wildman–Crippen LogP) is 5.94. The van der Waals surface area contributed by atoms with Crippen molar-refractivity contribution in [2.75, 3.05) is 0 Å². The standard InChI is InChI=1S/C31H28F3N3O4S/c1-16(2)13-24-26(29(35)38)28(27(31(40)41)23(37-24)11-5-17-3-7-19(32)8-4-17)25-12-9-20(42-25)15-36-30(39)18-6-10-21(33)22(34)14-18/h3-4,6-10,12,14,16H,5,11,13,15H2,1-2H3,(H2,35,38)(H,36,39)(H,40,41). The van der Waals surface area contributed by atoms with Crippen molar-refractivity contribution in [3.8, 4) is 10.4 Å². The van der Waals surface area contributed by atoms with Crippen LogP contribution in [0.1, 0.15) is 66.7 Å². The maximum atomic E-state index is 13.6. The lowest BCUT2D eigenvalue weighted by Gasteiger charge is -2.18. The van der Waals surface area contributed by atoms with Gasteiger partial charge in [0.1, 0.15) is 5.82 Å². The first-order valence-corrected chi connectivity index (χ1v) is 13.9. The Bertz CT molecular complexity index is 1650. The van der Waals surface area contributed by atoms with Crippen molar-refractivity contribution in [3.63, 3.8) is 0 Å². The molecule has 42 heavy (non-hydrogen) atoms. The molecule has 2 aromatic carbocycles. The van der Waals surface area contributed by atoms with Gasteiger partial charge < -0.3 is 16.2 Å². The number of carbonyl (C=O) groups is 3. The first-order valence-electron chi connectivity index (χ1n) is 13.1. The molecule has 0 aliphatic rings. The molecule has 4 aromatic rings. The van der Waals surface area contributed by atoms with Gasteiger partial charge in [-0.15, -0.1) is 11.3 Å². The second-order valence-corrected chi connectivity index (χ2v) is 11.3. The molecule has 0 aliphatic heterocycles. The SMILES string of the molecule is CC(C)Cc1nc(CCc2ccc(F)cc2)c(C(=O)O)c(-c2ccc(CNC(=O)c3ccc(F)c(F)c3)s2)c1C(N)=O. The predicted molar refractivity (Wildman–Crippen MR) is 153 cm³/mol. The summed E-state index contributed by atoms with van der Waals surface area (Å²) in [5.74, 6) is -5.25. The lowest BCUT2D eigenvalue weighted by Crippen LogP contribution is -2.22. The number of primary amides is 1. The summed E-state index contributed by atoms with van der Waals surface area (Å²) in [5, 5.41) is 12.9. The number of nitrogens with one attached hydrogen (secondary N) is 1. The van der Waals surface area contributed by atoms with E-state index in [1.807, 2.05) is 13.8 Å². The molecule has 7 nitrogen and oxygen atoms in total. The van der Waals surface area contributed by atoms with E-state index in [0.29, 0.717) is 28.3 Å². The number of carbonyl (C=O) groups excluding carboxylic acids is 2. The number of thiophene rings is 1. The average molecular weight is 596 g/mol. The Hall–Kier alpha value is -4.51. The van der Waals surface area contributed by atoms with Crippen molar-refractivity contribution < 1.29 is 32.7 Å². The second kappa shape index (κ2) is 13.0. The normalized spacial score (nSPS) is 11.1. The number of aromatic nitrogens is 1. The van der Waals surface area contributed by atoms with E-state index >= 15 is 0 Å². The maximum absolute atomic E-state index is 13.6. The highest BCUT2D eigenvalue weighted by Gasteiger charge is 2.29. The number of rotatable bonds is 11. The first-order chi connectivity index (χ1) is 19.9. The molecule has 218 valence electrons. The fraction of sp³-hybridized carbons (Fsp3) is 0.226. The molecule has 2 heterocycles. The van der Waals surface area contributed by atoms with Gasteiger partial charge >= 0.3 is 5.97 Å². The summed E-state index contributed by atoms with van der Waals surface area (Å²) in [6.07, 6.45) is 0.972. The summed E-state index contributed by atoms with van der Waals surface area (Å²) in [5.41, 5.74) is 7.19. The number of carboxylic acids is 1. The fourth-order valence-electron chi connectivity index (χ4n) is 4.57. The van der Waals surface area contributed by atoms with Crippen molar-refractivity contribution in [2.24, 2.45) is 11.7 Å². The molecule has 0 fully saturated rings. The summed E-state index contributed by atoms with van der Waals surface area (Å²) in [4.78, 5) is 43.6. The topological polar surface area (TPSA) is 122 Å². The summed E-state index contributed by atoms with van der Waals surface area (Å²) in [6, 6.07) is 12.0. The van der Waals surface area contributed by atoms with Crippen LogP contribution in [-0.4, -0.2) is 27.9 Å². The Balaban J connectivity index is 1.73. The fourth-order valence-corrected chi connectivity index (χ4v) is 5.58. The Labute approximate surface area is 244 Å². The molecular weight excluding hydrogens is 567 g/mol. The molecule has 0 atom stereocenters. The number of hydrogen-bond donors (Lipinski definition) is 3. The molecule has 4 N–H and O–H groups in total. The van der Waals surface area contributed by atoms with Gasteiger partial charge in [-0.2, -0.15) is 0 Å². The van der Waals surface area contributed by atoms with Gasteiger partial charge in [-0.25, -0.2) is 18.0 Å². The van der Waals surface area contributed by atoms with Crippen LogP contribution in [0.15, 0.2) is 54.6 Å². The quantitative estimate of drug-likeness (QED) is 0.198. The van der Waals surface area contributed by atoms with Crippen LogP contribution in [0.5, 0.6) is 0 Å². The minimum Gasteiger partial charge on any atom is -0.478 e. The van der Waals surface area contributed by atoms with E-state index in [1.54, 1.807) is 24.3 Å². The van der Waals surface area contributed by atoms with E-state index in [-0.39, 0.29) is 52.6 Å².